The van der Waals surface area contributed by atoms with Crippen molar-refractivity contribution >= 4 is 27.5 Å². The number of hydrogen-bond donors (Lipinski definition) is 0. The first kappa shape index (κ1) is 13.8. The Morgan fingerprint density at radius 3 is 2.62 bits per heavy atom. The highest BCUT2D eigenvalue weighted by Gasteiger charge is 2.11. The minimum Gasteiger partial charge on any atom is -0.330 e. The van der Waals surface area contributed by atoms with Crippen LogP contribution in [0.1, 0.15) is 21.7 Å². The van der Waals surface area contributed by atoms with E-state index in [0.717, 1.165) is 10.2 Å². The van der Waals surface area contributed by atoms with Crippen LogP contribution in [0.5, 0.6) is 0 Å². The van der Waals surface area contributed by atoms with Gasteiger partial charge in [-0.2, -0.15) is 4.99 Å². The number of benzene rings is 1. The molecule has 0 atom stereocenters. The summed E-state index contributed by atoms with van der Waals surface area (Å²) < 4.78 is 4.76. The zero-order chi connectivity index (χ0) is 15.1. The van der Waals surface area contributed by atoms with Crippen molar-refractivity contribution in [2.45, 2.75) is 13.8 Å². The van der Waals surface area contributed by atoms with Crippen LogP contribution >= 0.6 is 11.3 Å². The normalized spacial score (nSPS) is 12.3. The van der Waals surface area contributed by atoms with Gasteiger partial charge in [-0.05, 0) is 37.1 Å². The highest BCUT2D eigenvalue weighted by atomic mass is 32.1. The lowest BCUT2D eigenvalue weighted by Crippen LogP contribution is -2.15. The van der Waals surface area contributed by atoms with Gasteiger partial charge in [0.25, 0.3) is 0 Å². The number of fused-ring (bicyclic) bond motifs is 1. The second-order valence-corrected chi connectivity index (χ2v) is 6.14. The first-order chi connectivity index (χ1) is 9.97. The third-order valence-electron chi connectivity index (χ3n) is 3.63. The Kier molecular flexibility index (Phi) is 3.25. The molecule has 0 bridgehead atoms. The Labute approximate surface area is 126 Å². The van der Waals surface area contributed by atoms with Crippen LogP contribution in [-0.2, 0) is 14.1 Å². The van der Waals surface area contributed by atoms with Crippen molar-refractivity contribution in [1.29, 1.82) is 0 Å². The summed E-state index contributed by atoms with van der Waals surface area (Å²) >= 11 is 1.52. The molecule has 1 aromatic carbocycles. The number of nitrogens with zero attached hydrogens (tertiary/aromatic N) is 4. The SMILES string of the molecule is Cc1cc2sc(=NC(=O)c3nccn3C)n(C)c2cc1C. The van der Waals surface area contributed by atoms with Crippen LogP contribution in [0, 0.1) is 13.8 Å². The van der Waals surface area contributed by atoms with E-state index in [1.54, 1.807) is 24.0 Å². The van der Waals surface area contributed by atoms with E-state index in [0.29, 0.717) is 10.6 Å². The number of carbonyl (C=O) groups is 1. The van der Waals surface area contributed by atoms with Crippen LogP contribution in [0.3, 0.4) is 0 Å². The monoisotopic (exact) mass is 300 g/mol. The average molecular weight is 300 g/mol. The molecule has 0 saturated carbocycles. The molecule has 21 heavy (non-hydrogen) atoms. The summed E-state index contributed by atoms with van der Waals surface area (Å²) in [5.41, 5.74) is 3.57. The summed E-state index contributed by atoms with van der Waals surface area (Å²) in [7, 11) is 3.71. The topological polar surface area (TPSA) is 52.2 Å². The summed E-state index contributed by atoms with van der Waals surface area (Å²) in [4.78, 5) is 21.1. The molecule has 1 amide bonds. The maximum atomic E-state index is 12.2. The number of amides is 1. The molecule has 3 rings (SSSR count). The predicted molar refractivity (Wildman–Crippen MR) is 83.4 cm³/mol. The van der Waals surface area contributed by atoms with Crippen molar-refractivity contribution in [2.75, 3.05) is 0 Å². The summed E-state index contributed by atoms with van der Waals surface area (Å²) in [5.74, 6) is 0.0258. The molecule has 3 aromatic rings. The lowest BCUT2D eigenvalue weighted by Gasteiger charge is -2.00. The van der Waals surface area contributed by atoms with Gasteiger partial charge in [-0.3, -0.25) is 4.79 Å². The van der Waals surface area contributed by atoms with Gasteiger partial charge in [0.2, 0.25) is 5.82 Å². The van der Waals surface area contributed by atoms with Gasteiger partial charge in [0.05, 0.1) is 10.2 Å². The Hall–Kier alpha value is -2.21. The molecular formula is C15H16N4OS. The summed E-state index contributed by atoms with van der Waals surface area (Å²) in [6.45, 7) is 4.17. The molecule has 5 nitrogen and oxygen atoms in total. The number of imidazole rings is 1. The van der Waals surface area contributed by atoms with Gasteiger partial charge >= 0.3 is 5.91 Å². The van der Waals surface area contributed by atoms with Crippen LogP contribution in [0.2, 0.25) is 0 Å². The van der Waals surface area contributed by atoms with Crippen LogP contribution in [0.15, 0.2) is 29.5 Å². The first-order valence-electron chi connectivity index (χ1n) is 6.60. The zero-order valence-corrected chi connectivity index (χ0v) is 13.2. The minimum atomic E-state index is -0.321. The average Bonchev–Trinajstić information content (AvgIpc) is 2.97. The van der Waals surface area contributed by atoms with Crippen molar-refractivity contribution < 1.29 is 4.79 Å². The Morgan fingerprint density at radius 2 is 1.95 bits per heavy atom. The molecule has 0 radical (unpaired) electrons. The van der Waals surface area contributed by atoms with Crippen molar-refractivity contribution in [2.24, 2.45) is 19.1 Å². The van der Waals surface area contributed by atoms with Crippen LogP contribution < -0.4 is 4.80 Å². The van der Waals surface area contributed by atoms with E-state index in [2.05, 4.69) is 36.0 Å². The van der Waals surface area contributed by atoms with E-state index in [1.807, 2.05) is 11.6 Å². The fraction of sp³-hybridized carbons (Fsp3) is 0.267. The van der Waals surface area contributed by atoms with Crippen molar-refractivity contribution in [3.63, 3.8) is 0 Å². The molecule has 2 aromatic heterocycles. The fourth-order valence-corrected chi connectivity index (χ4v) is 3.29. The zero-order valence-electron chi connectivity index (χ0n) is 12.4. The first-order valence-corrected chi connectivity index (χ1v) is 7.42. The summed E-state index contributed by atoms with van der Waals surface area (Å²) in [5, 5.41) is 0. The van der Waals surface area contributed by atoms with Gasteiger partial charge in [0.15, 0.2) is 4.80 Å². The standard InChI is InChI=1S/C15H16N4OS/c1-9-7-11-12(8-10(9)2)21-15(19(11)4)17-14(20)13-16-5-6-18(13)3/h5-8H,1-4H3. The predicted octanol–water partition coefficient (Wildman–Crippen LogP) is 2.33. The number of rotatable bonds is 1. The van der Waals surface area contributed by atoms with Crippen LogP contribution in [0.4, 0.5) is 0 Å². The Morgan fingerprint density at radius 1 is 1.24 bits per heavy atom. The number of aromatic nitrogens is 3. The molecule has 6 heteroatoms. The van der Waals surface area contributed by atoms with Gasteiger partial charge in [-0.15, -0.1) is 0 Å². The maximum Gasteiger partial charge on any atom is 0.315 e. The van der Waals surface area contributed by atoms with Crippen LogP contribution in [0.25, 0.3) is 10.2 Å². The highest BCUT2D eigenvalue weighted by Crippen LogP contribution is 2.21. The molecule has 0 saturated heterocycles. The minimum absolute atomic E-state index is 0.321. The van der Waals surface area contributed by atoms with E-state index in [1.165, 1.54) is 22.5 Å². The van der Waals surface area contributed by atoms with Crippen molar-refractivity contribution in [3.8, 4) is 0 Å². The van der Waals surface area contributed by atoms with Crippen molar-refractivity contribution in [3.05, 3.63) is 46.3 Å². The molecule has 0 fully saturated rings. The van der Waals surface area contributed by atoms with E-state index in [9.17, 15) is 4.79 Å². The number of hydrogen-bond acceptors (Lipinski definition) is 3. The maximum absolute atomic E-state index is 12.2. The van der Waals surface area contributed by atoms with E-state index in [4.69, 9.17) is 0 Å². The number of aryl methyl sites for hydroxylation is 4. The van der Waals surface area contributed by atoms with E-state index < -0.39 is 0 Å². The number of carbonyl (C=O) groups excluding carboxylic acids is 1. The van der Waals surface area contributed by atoms with Gasteiger partial charge in [0, 0.05) is 26.5 Å². The molecule has 0 aliphatic rings. The lowest BCUT2D eigenvalue weighted by atomic mass is 10.1. The van der Waals surface area contributed by atoms with Crippen LogP contribution in [-0.4, -0.2) is 20.0 Å². The quantitative estimate of drug-likeness (QED) is 0.692. The Balaban J connectivity index is 2.17. The molecule has 108 valence electrons. The molecule has 2 heterocycles. The molecule has 0 aliphatic heterocycles. The van der Waals surface area contributed by atoms with Crippen molar-refractivity contribution in [1.82, 2.24) is 14.1 Å². The molecule has 0 unspecified atom stereocenters. The Bertz CT molecular complexity index is 914. The summed E-state index contributed by atoms with van der Waals surface area (Å²) in [6, 6.07) is 4.27. The summed E-state index contributed by atoms with van der Waals surface area (Å²) in [6.07, 6.45) is 3.33. The van der Waals surface area contributed by atoms with E-state index >= 15 is 0 Å². The number of thiazole rings is 1. The van der Waals surface area contributed by atoms with Gasteiger partial charge in [-0.25, -0.2) is 4.98 Å². The molecule has 0 aliphatic carbocycles. The largest absolute Gasteiger partial charge is 0.330 e. The third kappa shape index (κ3) is 2.31. The third-order valence-corrected chi connectivity index (χ3v) is 4.73. The second kappa shape index (κ2) is 4.96. The van der Waals surface area contributed by atoms with Gasteiger partial charge in [0.1, 0.15) is 0 Å². The van der Waals surface area contributed by atoms with Gasteiger partial charge in [-0.1, -0.05) is 11.3 Å². The van der Waals surface area contributed by atoms with E-state index in [-0.39, 0.29) is 5.91 Å². The smallest absolute Gasteiger partial charge is 0.315 e. The lowest BCUT2D eigenvalue weighted by molar-refractivity contribution is 0.0985. The second-order valence-electron chi connectivity index (χ2n) is 5.13. The molecular weight excluding hydrogens is 284 g/mol. The fourth-order valence-electron chi connectivity index (χ4n) is 2.19. The molecule has 0 spiro atoms. The van der Waals surface area contributed by atoms with Gasteiger partial charge < -0.3 is 9.13 Å². The highest BCUT2D eigenvalue weighted by molar-refractivity contribution is 7.16. The molecule has 0 N–H and O–H groups in total.